The van der Waals surface area contributed by atoms with E-state index in [2.05, 4.69) is 65.6 Å². The van der Waals surface area contributed by atoms with Crippen LogP contribution in [0, 0.1) is 5.92 Å². The third kappa shape index (κ3) is 5.65. The van der Waals surface area contributed by atoms with Crippen molar-refractivity contribution >= 4 is 33.5 Å². The van der Waals surface area contributed by atoms with Gasteiger partial charge in [-0.05, 0) is 67.5 Å². The average Bonchev–Trinajstić information content (AvgIpc) is 3.26. The van der Waals surface area contributed by atoms with Crippen LogP contribution in [0.5, 0.6) is 0 Å². The Morgan fingerprint density at radius 2 is 1.93 bits per heavy atom. The highest BCUT2D eigenvalue weighted by Gasteiger charge is 2.23. The van der Waals surface area contributed by atoms with Crippen molar-refractivity contribution in [2.24, 2.45) is 5.92 Å². The molecule has 0 bridgehead atoms. The molecule has 2 aliphatic rings. The van der Waals surface area contributed by atoms with Gasteiger partial charge in [-0.1, -0.05) is 22.0 Å². The van der Waals surface area contributed by atoms with Crippen LogP contribution in [-0.2, 0) is 6.54 Å². The van der Waals surface area contributed by atoms with Gasteiger partial charge >= 0.3 is 6.03 Å². The van der Waals surface area contributed by atoms with Gasteiger partial charge in [0.05, 0.1) is 0 Å². The van der Waals surface area contributed by atoms with E-state index in [1.165, 1.54) is 24.9 Å². The molecule has 0 radical (unpaired) electrons. The van der Waals surface area contributed by atoms with E-state index in [0.717, 1.165) is 48.5 Å². The Labute approximate surface area is 187 Å². The topological polar surface area (TPSA) is 60.5 Å². The van der Waals surface area contributed by atoms with Crippen molar-refractivity contribution in [3.05, 3.63) is 52.6 Å². The molecule has 7 heteroatoms. The Hall–Kier alpha value is -2.28. The normalized spacial score (nSPS) is 19.0. The predicted molar refractivity (Wildman–Crippen MR) is 125 cm³/mol. The maximum atomic E-state index is 12.3. The van der Waals surface area contributed by atoms with Crippen molar-refractivity contribution in [3.63, 3.8) is 0 Å². The number of rotatable bonds is 6. The molecule has 30 heavy (non-hydrogen) atoms. The fraction of sp³-hybridized carbons (Fsp3) is 0.478. The summed E-state index contributed by atoms with van der Waals surface area (Å²) in [6, 6.07) is 12.4. The lowest BCUT2D eigenvalue weighted by Gasteiger charge is -2.27. The number of carbonyl (C=O) groups excluding carboxylic acids is 1. The van der Waals surface area contributed by atoms with Gasteiger partial charge in [-0.15, -0.1) is 0 Å². The number of nitrogens with zero attached hydrogens (tertiary/aromatic N) is 3. The summed E-state index contributed by atoms with van der Waals surface area (Å²) in [5.41, 5.74) is 2.32. The summed E-state index contributed by atoms with van der Waals surface area (Å²) in [6.07, 6.45) is 6.70. The highest BCUT2D eigenvalue weighted by atomic mass is 79.9. The fourth-order valence-electron chi connectivity index (χ4n) is 4.25. The van der Waals surface area contributed by atoms with Gasteiger partial charge in [0.1, 0.15) is 5.82 Å². The molecule has 2 saturated heterocycles. The smallest absolute Gasteiger partial charge is 0.315 e. The summed E-state index contributed by atoms with van der Waals surface area (Å²) in [5, 5.41) is 6.03. The van der Waals surface area contributed by atoms with Gasteiger partial charge in [0.25, 0.3) is 0 Å². The van der Waals surface area contributed by atoms with Gasteiger partial charge in [-0.25, -0.2) is 9.78 Å². The van der Waals surface area contributed by atoms with Crippen molar-refractivity contribution in [2.45, 2.75) is 32.2 Å². The first-order chi connectivity index (χ1) is 14.7. The monoisotopic (exact) mass is 471 g/mol. The van der Waals surface area contributed by atoms with Crippen LogP contribution in [0.1, 0.15) is 31.2 Å². The summed E-state index contributed by atoms with van der Waals surface area (Å²) in [4.78, 5) is 21.5. The van der Waals surface area contributed by atoms with Crippen LogP contribution in [0.15, 0.2) is 47.1 Å². The number of benzene rings is 1. The van der Waals surface area contributed by atoms with E-state index in [4.69, 9.17) is 0 Å². The quantitative estimate of drug-likeness (QED) is 0.663. The molecule has 2 N–H and O–H groups in total. The van der Waals surface area contributed by atoms with Crippen LogP contribution >= 0.6 is 15.9 Å². The molecule has 3 heterocycles. The van der Waals surface area contributed by atoms with Crippen molar-refractivity contribution in [1.29, 1.82) is 0 Å². The molecular formula is C23H30BrN5O. The van der Waals surface area contributed by atoms with Crippen LogP contribution in [-0.4, -0.2) is 43.7 Å². The van der Waals surface area contributed by atoms with E-state index in [-0.39, 0.29) is 6.03 Å². The first kappa shape index (κ1) is 21.0. The molecule has 6 nitrogen and oxygen atoms in total. The Balaban J connectivity index is 1.20. The average molecular weight is 472 g/mol. The van der Waals surface area contributed by atoms with Gasteiger partial charge in [-0.2, -0.15) is 0 Å². The second kappa shape index (κ2) is 10.2. The Morgan fingerprint density at radius 1 is 1.07 bits per heavy atom. The van der Waals surface area contributed by atoms with E-state index in [1.807, 2.05) is 18.3 Å². The summed E-state index contributed by atoms with van der Waals surface area (Å²) in [6.45, 7) is 5.36. The molecule has 2 aliphatic heterocycles. The van der Waals surface area contributed by atoms with E-state index in [1.54, 1.807) is 0 Å². The SMILES string of the molecule is O=C(NCc1ccnc(N2CCCCC2)c1)NCC1CCN(c2cccc(Br)c2)C1. The predicted octanol–water partition coefficient (Wildman–Crippen LogP) is 4.16. The lowest BCUT2D eigenvalue weighted by Crippen LogP contribution is -2.38. The number of urea groups is 1. The van der Waals surface area contributed by atoms with E-state index < -0.39 is 0 Å². The van der Waals surface area contributed by atoms with E-state index >= 15 is 0 Å². The third-order valence-electron chi connectivity index (χ3n) is 5.95. The van der Waals surface area contributed by atoms with Crippen molar-refractivity contribution in [2.75, 3.05) is 42.5 Å². The minimum absolute atomic E-state index is 0.104. The molecular weight excluding hydrogens is 442 g/mol. The number of amides is 2. The molecule has 0 saturated carbocycles. The molecule has 1 aromatic heterocycles. The second-order valence-corrected chi connectivity index (χ2v) is 9.13. The van der Waals surface area contributed by atoms with Crippen LogP contribution in [0.3, 0.4) is 0 Å². The van der Waals surface area contributed by atoms with Gasteiger partial charge in [0, 0.05) is 55.6 Å². The molecule has 0 spiro atoms. The third-order valence-corrected chi connectivity index (χ3v) is 6.45. The van der Waals surface area contributed by atoms with Crippen molar-refractivity contribution < 1.29 is 4.79 Å². The molecule has 2 amide bonds. The summed E-state index contributed by atoms with van der Waals surface area (Å²) < 4.78 is 1.10. The molecule has 160 valence electrons. The standard InChI is InChI=1S/C23H30BrN5O/c24-20-5-4-6-21(14-20)29-12-8-19(17-29)16-27-23(30)26-15-18-7-9-25-22(13-18)28-10-2-1-3-11-28/h4-7,9,13-14,19H,1-3,8,10-12,15-17H2,(H2,26,27,30). The summed E-state index contributed by atoms with van der Waals surface area (Å²) >= 11 is 3.54. The number of pyridine rings is 1. The van der Waals surface area contributed by atoms with Gasteiger partial charge < -0.3 is 20.4 Å². The number of hydrogen-bond donors (Lipinski definition) is 2. The minimum atomic E-state index is -0.104. The van der Waals surface area contributed by atoms with Crippen LogP contribution in [0.25, 0.3) is 0 Å². The number of anilines is 2. The van der Waals surface area contributed by atoms with Crippen molar-refractivity contribution in [1.82, 2.24) is 15.6 Å². The van der Waals surface area contributed by atoms with Crippen LogP contribution in [0.4, 0.5) is 16.3 Å². The van der Waals surface area contributed by atoms with Crippen LogP contribution in [0.2, 0.25) is 0 Å². The second-order valence-electron chi connectivity index (χ2n) is 8.21. The maximum absolute atomic E-state index is 12.3. The molecule has 0 aliphatic carbocycles. The Morgan fingerprint density at radius 3 is 2.77 bits per heavy atom. The number of piperidine rings is 1. The largest absolute Gasteiger partial charge is 0.371 e. The lowest BCUT2D eigenvalue weighted by molar-refractivity contribution is 0.239. The van der Waals surface area contributed by atoms with Crippen LogP contribution < -0.4 is 20.4 Å². The van der Waals surface area contributed by atoms with Gasteiger partial charge in [0.15, 0.2) is 0 Å². The number of carbonyl (C=O) groups is 1. The number of nitrogens with one attached hydrogen (secondary N) is 2. The number of halogens is 1. The van der Waals surface area contributed by atoms with Gasteiger partial charge in [-0.3, -0.25) is 0 Å². The molecule has 4 rings (SSSR count). The molecule has 2 fully saturated rings. The highest BCUT2D eigenvalue weighted by molar-refractivity contribution is 9.10. The first-order valence-corrected chi connectivity index (χ1v) is 11.7. The summed E-state index contributed by atoms with van der Waals surface area (Å²) in [5.74, 6) is 1.49. The highest BCUT2D eigenvalue weighted by Crippen LogP contribution is 2.26. The fourth-order valence-corrected chi connectivity index (χ4v) is 4.64. The Bertz CT molecular complexity index is 855. The zero-order valence-corrected chi connectivity index (χ0v) is 18.9. The van der Waals surface area contributed by atoms with Crippen molar-refractivity contribution in [3.8, 4) is 0 Å². The molecule has 1 atom stereocenters. The molecule has 1 aromatic carbocycles. The zero-order chi connectivity index (χ0) is 20.8. The molecule has 2 aromatic rings. The van der Waals surface area contributed by atoms with E-state index in [0.29, 0.717) is 19.0 Å². The summed E-state index contributed by atoms with van der Waals surface area (Å²) in [7, 11) is 0. The maximum Gasteiger partial charge on any atom is 0.315 e. The number of hydrogen-bond acceptors (Lipinski definition) is 4. The first-order valence-electron chi connectivity index (χ1n) is 10.9. The molecule has 1 unspecified atom stereocenters. The zero-order valence-electron chi connectivity index (χ0n) is 17.3. The minimum Gasteiger partial charge on any atom is -0.371 e. The van der Waals surface area contributed by atoms with Gasteiger partial charge in [0.2, 0.25) is 0 Å². The lowest BCUT2D eigenvalue weighted by atomic mass is 10.1. The number of aromatic nitrogens is 1. The van der Waals surface area contributed by atoms with E-state index in [9.17, 15) is 4.79 Å². The Kier molecular flexibility index (Phi) is 7.10.